The lowest BCUT2D eigenvalue weighted by Crippen LogP contribution is -2.30. The van der Waals surface area contributed by atoms with Gasteiger partial charge in [0.05, 0.1) is 5.56 Å². The summed E-state index contributed by atoms with van der Waals surface area (Å²) in [4.78, 5) is 34.6. The highest BCUT2D eigenvalue weighted by Crippen LogP contribution is 2.11. The summed E-state index contributed by atoms with van der Waals surface area (Å²) in [5.74, 6) is -1.03. The summed E-state index contributed by atoms with van der Waals surface area (Å²) in [6.45, 7) is 3.45. The Bertz CT molecular complexity index is 705. The van der Waals surface area contributed by atoms with Crippen LogP contribution in [0.1, 0.15) is 33.2 Å². The zero-order valence-corrected chi connectivity index (χ0v) is 12.9. The number of hydrogen-bond acceptors (Lipinski definition) is 4. The van der Waals surface area contributed by atoms with E-state index in [2.05, 4.69) is 5.32 Å². The summed E-state index contributed by atoms with van der Waals surface area (Å²) >= 11 is 0. The maximum atomic E-state index is 12.0. The van der Waals surface area contributed by atoms with Gasteiger partial charge < -0.3 is 10.1 Å². The molecule has 0 aromatic heterocycles. The van der Waals surface area contributed by atoms with E-state index in [1.54, 1.807) is 12.1 Å². The topological polar surface area (TPSA) is 72.5 Å². The summed E-state index contributed by atoms with van der Waals surface area (Å²) < 4.78 is 5.13. The zero-order chi connectivity index (χ0) is 16.8. The fourth-order valence-electron chi connectivity index (χ4n) is 1.86. The number of hydrogen-bond donors (Lipinski definition) is 1. The molecule has 0 aliphatic carbocycles. The summed E-state index contributed by atoms with van der Waals surface area (Å²) in [6, 6.07) is 13.3. The molecule has 0 aliphatic heterocycles. The second-order valence-electron chi connectivity index (χ2n) is 5.14. The van der Waals surface area contributed by atoms with Crippen LogP contribution in [0.5, 0.6) is 0 Å². The van der Waals surface area contributed by atoms with Gasteiger partial charge >= 0.3 is 5.97 Å². The molecule has 0 unspecified atom stereocenters. The molecular weight excluding hydrogens is 294 g/mol. The number of aryl methyl sites for hydroxylation is 1. The van der Waals surface area contributed by atoms with E-state index in [0.717, 1.165) is 5.56 Å². The van der Waals surface area contributed by atoms with E-state index in [4.69, 9.17) is 4.74 Å². The van der Waals surface area contributed by atoms with Gasteiger partial charge in [-0.15, -0.1) is 0 Å². The van der Waals surface area contributed by atoms with Crippen molar-refractivity contribution in [2.75, 3.05) is 5.32 Å². The van der Waals surface area contributed by atoms with Crippen LogP contribution in [0, 0.1) is 6.92 Å². The Morgan fingerprint density at radius 3 is 2.22 bits per heavy atom. The van der Waals surface area contributed by atoms with Gasteiger partial charge in [-0.2, -0.15) is 0 Å². The minimum atomic E-state index is -0.936. The van der Waals surface area contributed by atoms with E-state index in [-0.39, 0.29) is 5.56 Å². The van der Waals surface area contributed by atoms with Gasteiger partial charge in [0.2, 0.25) is 0 Å². The van der Waals surface area contributed by atoms with E-state index in [1.807, 2.05) is 19.1 Å². The first-order valence-electron chi connectivity index (χ1n) is 7.13. The monoisotopic (exact) mass is 311 g/mol. The largest absolute Gasteiger partial charge is 0.449 e. The maximum absolute atomic E-state index is 12.0. The normalized spacial score (nSPS) is 11.4. The third-order valence-corrected chi connectivity index (χ3v) is 3.25. The molecule has 23 heavy (non-hydrogen) atoms. The van der Waals surface area contributed by atoms with Crippen molar-refractivity contribution in [1.82, 2.24) is 0 Å². The van der Waals surface area contributed by atoms with Crippen molar-refractivity contribution in [2.24, 2.45) is 0 Å². The molecule has 2 aromatic rings. The molecule has 0 spiro atoms. The number of anilines is 1. The van der Waals surface area contributed by atoms with Gasteiger partial charge in [-0.3, -0.25) is 9.59 Å². The molecule has 2 rings (SSSR count). The van der Waals surface area contributed by atoms with Gasteiger partial charge in [-0.05, 0) is 38.1 Å². The van der Waals surface area contributed by atoms with E-state index < -0.39 is 18.0 Å². The average molecular weight is 311 g/mol. The number of nitrogens with one attached hydrogen (secondary N) is 1. The Morgan fingerprint density at radius 2 is 1.65 bits per heavy atom. The highest BCUT2D eigenvalue weighted by molar-refractivity contribution is 5.97. The predicted octanol–water partition coefficient (Wildman–Crippen LogP) is 2.99. The molecule has 2 aromatic carbocycles. The van der Waals surface area contributed by atoms with Crippen molar-refractivity contribution in [1.29, 1.82) is 0 Å². The predicted molar refractivity (Wildman–Crippen MR) is 86.5 cm³/mol. The molecule has 0 heterocycles. The Kier molecular flexibility index (Phi) is 5.25. The lowest BCUT2D eigenvalue weighted by Gasteiger charge is -2.13. The number of benzene rings is 2. The van der Waals surface area contributed by atoms with Crippen LogP contribution in [-0.4, -0.2) is 24.3 Å². The molecule has 1 N–H and O–H groups in total. The lowest BCUT2D eigenvalue weighted by molar-refractivity contribution is -0.123. The van der Waals surface area contributed by atoms with Crippen LogP contribution in [0.15, 0.2) is 48.5 Å². The Balaban J connectivity index is 1.95. The third kappa shape index (κ3) is 4.51. The molecule has 0 saturated carbocycles. The Morgan fingerprint density at radius 1 is 1.04 bits per heavy atom. The summed E-state index contributed by atoms with van der Waals surface area (Å²) in [7, 11) is 0. The Hall–Kier alpha value is -2.95. The van der Waals surface area contributed by atoms with Crippen molar-refractivity contribution in [3.8, 4) is 0 Å². The molecule has 118 valence electrons. The van der Waals surface area contributed by atoms with Gasteiger partial charge in [-0.25, -0.2) is 4.79 Å². The molecule has 0 saturated heterocycles. The maximum Gasteiger partial charge on any atom is 0.338 e. The van der Waals surface area contributed by atoms with Gasteiger partial charge in [0, 0.05) is 11.3 Å². The van der Waals surface area contributed by atoms with Gasteiger partial charge in [0.25, 0.3) is 5.91 Å². The van der Waals surface area contributed by atoms with Crippen molar-refractivity contribution in [3.63, 3.8) is 0 Å². The van der Waals surface area contributed by atoms with Crippen molar-refractivity contribution in [3.05, 3.63) is 65.2 Å². The first-order valence-corrected chi connectivity index (χ1v) is 7.13. The van der Waals surface area contributed by atoms with E-state index in [9.17, 15) is 14.4 Å². The van der Waals surface area contributed by atoms with Crippen LogP contribution in [-0.2, 0) is 9.53 Å². The fraction of sp³-hybridized carbons (Fsp3) is 0.167. The smallest absolute Gasteiger partial charge is 0.338 e. The summed E-state index contributed by atoms with van der Waals surface area (Å²) in [6.07, 6.45) is -0.248. The number of rotatable bonds is 5. The first kappa shape index (κ1) is 16.4. The van der Waals surface area contributed by atoms with Gasteiger partial charge in [-0.1, -0.05) is 29.8 Å². The molecule has 0 radical (unpaired) electrons. The van der Waals surface area contributed by atoms with Crippen LogP contribution >= 0.6 is 0 Å². The van der Waals surface area contributed by atoms with Gasteiger partial charge in [0.1, 0.15) is 6.29 Å². The van der Waals surface area contributed by atoms with Crippen LogP contribution in [0.3, 0.4) is 0 Å². The van der Waals surface area contributed by atoms with Crippen LogP contribution in [0.25, 0.3) is 0 Å². The van der Waals surface area contributed by atoms with Crippen LogP contribution in [0.4, 0.5) is 5.69 Å². The van der Waals surface area contributed by atoms with Gasteiger partial charge in [0.15, 0.2) is 6.10 Å². The molecule has 5 nitrogen and oxygen atoms in total. The molecule has 5 heteroatoms. The lowest BCUT2D eigenvalue weighted by atomic mass is 10.1. The number of ether oxygens (including phenoxy) is 1. The minimum absolute atomic E-state index is 0.283. The average Bonchev–Trinajstić information content (AvgIpc) is 2.56. The Labute approximate surface area is 134 Å². The van der Waals surface area contributed by atoms with E-state index in [0.29, 0.717) is 17.5 Å². The standard InChI is InChI=1S/C18H17NO4/c1-12-3-9-16(10-4-12)19-17(21)13(2)23-18(22)15-7-5-14(11-20)6-8-15/h3-11,13H,1-2H3,(H,19,21)/t13-/m1/s1. The first-order chi connectivity index (χ1) is 11.0. The molecule has 0 bridgehead atoms. The highest BCUT2D eigenvalue weighted by Gasteiger charge is 2.19. The summed E-state index contributed by atoms with van der Waals surface area (Å²) in [5, 5.41) is 2.68. The number of amides is 1. The van der Waals surface area contributed by atoms with Crippen molar-refractivity contribution < 1.29 is 19.1 Å². The molecule has 0 aliphatic rings. The number of esters is 1. The number of aldehydes is 1. The fourth-order valence-corrected chi connectivity index (χ4v) is 1.86. The second-order valence-corrected chi connectivity index (χ2v) is 5.14. The minimum Gasteiger partial charge on any atom is -0.449 e. The summed E-state index contributed by atoms with van der Waals surface area (Å²) in [5.41, 5.74) is 2.47. The molecule has 1 amide bonds. The quantitative estimate of drug-likeness (QED) is 0.680. The third-order valence-electron chi connectivity index (χ3n) is 3.25. The SMILES string of the molecule is Cc1ccc(NC(=O)[C@@H](C)OC(=O)c2ccc(C=O)cc2)cc1. The molecule has 1 atom stereocenters. The highest BCUT2D eigenvalue weighted by atomic mass is 16.5. The van der Waals surface area contributed by atoms with Crippen molar-refractivity contribution in [2.45, 2.75) is 20.0 Å². The zero-order valence-electron chi connectivity index (χ0n) is 12.9. The second kappa shape index (κ2) is 7.35. The van der Waals surface area contributed by atoms with Crippen LogP contribution in [0.2, 0.25) is 0 Å². The van der Waals surface area contributed by atoms with E-state index in [1.165, 1.54) is 31.2 Å². The van der Waals surface area contributed by atoms with Crippen molar-refractivity contribution >= 4 is 23.9 Å². The number of carbonyl (C=O) groups is 3. The van der Waals surface area contributed by atoms with Crippen LogP contribution < -0.4 is 5.32 Å². The molecular formula is C18H17NO4. The molecule has 0 fully saturated rings. The number of carbonyl (C=O) groups excluding carboxylic acids is 3. The van der Waals surface area contributed by atoms with E-state index >= 15 is 0 Å².